The molecule has 94 valence electrons. The van der Waals surface area contributed by atoms with Crippen LogP contribution >= 0.6 is 0 Å². The van der Waals surface area contributed by atoms with Gasteiger partial charge in [0.15, 0.2) is 0 Å². The van der Waals surface area contributed by atoms with Crippen LogP contribution in [-0.4, -0.2) is 50.7 Å². The standard InChI is InChI=1S/C12H24N2O2/c1-10(12(15)14(2)3)16-8-6-11-5-4-7-13-9-11/h10-11,13H,4-9H2,1-3H3. The van der Waals surface area contributed by atoms with Crippen molar-refractivity contribution in [2.24, 2.45) is 5.92 Å². The van der Waals surface area contributed by atoms with Crippen molar-refractivity contribution >= 4 is 5.91 Å². The fraction of sp³-hybridized carbons (Fsp3) is 0.917. The van der Waals surface area contributed by atoms with E-state index < -0.39 is 0 Å². The lowest BCUT2D eigenvalue weighted by molar-refractivity contribution is -0.140. The van der Waals surface area contributed by atoms with Gasteiger partial charge in [-0.3, -0.25) is 4.79 Å². The van der Waals surface area contributed by atoms with E-state index >= 15 is 0 Å². The Balaban J connectivity index is 2.12. The van der Waals surface area contributed by atoms with Crippen LogP contribution < -0.4 is 5.32 Å². The average molecular weight is 228 g/mol. The number of amides is 1. The summed E-state index contributed by atoms with van der Waals surface area (Å²) in [5.74, 6) is 0.761. The quantitative estimate of drug-likeness (QED) is 0.759. The highest BCUT2D eigenvalue weighted by Gasteiger charge is 2.17. The molecule has 2 atom stereocenters. The third kappa shape index (κ3) is 4.49. The molecule has 0 radical (unpaired) electrons. The lowest BCUT2D eigenvalue weighted by Crippen LogP contribution is -2.34. The van der Waals surface area contributed by atoms with Crippen molar-refractivity contribution in [2.75, 3.05) is 33.8 Å². The SMILES string of the molecule is CC(OCCC1CCCNC1)C(=O)N(C)C. The number of likely N-dealkylation sites (N-methyl/N-ethyl adjacent to an activating group) is 1. The molecule has 1 fully saturated rings. The van der Waals surface area contributed by atoms with E-state index in [1.165, 1.54) is 12.8 Å². The highest BCUT2D eigenvalue weighted by molar-refractivity contribution is 5.79. The number of hydrogen-bond acceptors (Lipinski definition) is 3. The summed E-state index contributed by atoms with van der Waals surface area (Å²) in [4.78, 5) is 13.1. The van der Waals surface area contributed by atoms with Crippen molar-refractivity contribution in [3.63, 3.8) is 0 Å². The minimum Gasteiger partial charge on any atom is -0.369 e. The Morgan fingerprint density at radius 1 is 1.56 bits per heavy atom. The van der Waals surface area contributed by atoms with Gasteiger partial charge in [0.2, 0.25) is 0 Å². The van der Waals surface area contributed by atoms with Crippen LogP contribution in [0.3, 0.4) is 0 Å². The Bertz CT molecular complexity index is 213. The average Bonchev–Trinajstić information content (AvgIpc) is 2.29. The molecule has 0 spiro atoms. The number of nitrogens with one attached hydrogen (secondary N) is 1. The van der Waals surface area contributed by atoms with E-state index in [1.807, 2.05) is 6.92 Å². The maximum atomic E-state index is 11.5. The van der Waals surface area contributed by atoms with Gasteiger partial charge in [-0.25, -0.2) is 0 Å². The van der Waals surface area contributed by atoms with Gasteiger partial charge in [0.05, 0.1) is 0 Å². The summed E-state index contributed by atoms with van der Waals surface area (Å²) in [5.41, 5.74) is 0. The molecule has 1 aliphatic heterocycles. The van der Waals surface area contributed by atoms with Crippen molar-refractivity contribution in [1.29, 1.82) is 0 Å². The van der Waals surface area contributed by atoms with Crippen LogP contribution in [0.15, 0.2) is 0 Å². The van der Waals surface area contributed by atoms with E-state index in [2.05, 4.69) is 5.32 Å². The molecule has 1 N–H and O–H groups in total. The molecule has 1 amide bonds. The first-order valence-electron chi connectivity index (χ1n) is 6.14. The Morgan fingerprint density at radius 2 is 2.31 bits per heavy atom. The zero-order chi connectivity index (χ0) is 12.0. The van der Waals surface area contributed by atoms with E-state index in [-0.39, 0.29) is 12.0 Å². The molecule has 0 aromatic rings. The molecule has 16 heavy (non-hydrogen) atoms. The molecule has 1 saturated heterocycles. The summed E-state index contributed by atoms with van der Waals surface area (Å²) in [6.07, 6.45) is 3.29. The van der Waals surface area contributed by atoms with Gasteiger partial charge in [0.1, 0.15) is 6.10 Å². The first-order valence-corrected chi connectivity index (χ1v) is 6.14. The molecule has 1 rings (SSSR count). The molecule has 0 aromatic carbocycles. The van der Waals surface area contributed by atoms with E-state index in [9.17, 15) is 4.79 Å². The highest BCUT2D eigenvalue weighted by Crippen LogP contribution is 2.14. The second kappa shape index (κ2) is 6.86. The van der Waals surface area contributed by atoms with Gasteiger partial charge in [-0.15, -0.1) is 0 Å². The van der Waals surface area contributed by atoms with Crippen molar-refractivity contribution in [1.82, 2.24) is 10.2 Å². The number of ether oxygens (including phenoxy) is 1. The minimum atomic E-state index is -0.313. The van der Waals surface area contributed by atoms with Crippen molar-refractivity contribution in [3.8, 4) is 0 Å². The zero-order valence-corrected chi connectivity index (χ0v) is 10.7. The summed E-state index contributed by atoms with van der Waals surface area (Å²) >= 11 is 0. The topological polar surface area (TPSA) is 41.6 Å². The molecule has 0 aromatic heterocycles. The molecule has 2 unspecified atom stereocenters. The smallest absolute Gasteiger partial charge is 0.250 e. The lowest BCUT2D eigenvalue weighted by Gasteiger charge is -2.23. The predicted octanol–water partition coefficient (Wildman–Crippen LogP) is 0.869. The van der Waals surface area contributed by atoms with E-state index in [4.69, 9.17) is 4.74 Å². The summed E-state index contributed by atoms with van der Waals surface area (Å²) in [6.45, 7) is 4.75. The Labute approximate surface area is 98.3 Å². The zero-order valence-electron chi connectivity index (χ0n) is 10.7. The Kier molecular flexibility index (Phi) is 5.77. The molecule has 0 bridgehead atoms. The van der Waals surface area contributed by atoms with Crippen LogP contribution in [0.1, 0.15) is 26.2 Å². The Hall–Kier alpha value is -0.610. The van der Waals surface area contributed by atoms with Crippen LogP contribution in [0.4, 0.5) is 0 Å². The first-order chi connectivity index (χ1) is 7.61. The lowest BCUT2D eigenvalue weighted by atomic mass is 9.97. The van der Waals surface area contributed by atoms with Crippen LogP contribution in [0.2, 0.25) is 0 Å². The normalized spacial score (nSPS) is 22.8. The summed E-state index contributed by atoms with van der Waals surface area (Å²) < 4.78 is 5.55. The van der Waals surface area contributed by atoms with Gasteiger partial charge in [0.25, 0.3) is 5.91 Å². The third-order valence-corrected chi connectivity index (χ3v) is 3.08. The molecule has 1 aliphatic rings. The summed E-state index contributed by atoms with van der Waals surface area (Å²) in [5, 5.41) is 3.38. The van der Waals surface area contributed by atoms with Gasteiger partial charge >= 0.3 is 0 Å². The molecular weight excluding hydrogens is 204 g/mol. The van der Waals surface area contributed by atoms with E-state index in [1.54, 1.807) is 19.0 Å². The second-order valence-corrected chi connectivity index (χ2v) is 4.75. The molecular formula is C12H24N2O2. The van der Waals surface area contributed by atoms with Gasteiger partial charge in [0, 0.05) is 20.7 Å². The van der Waals surface area contributed by atoms with E-state index in [0.717, 1.165) is 25.4 Å². The predicted molar refractivity (Wildman–Crippen MR) is 64.3 cm³/mol. The number of carbonyl (C=O) groups excluding carboxylic acids is 1. The monoisotopic (exact) mass is 228 g/mol. The number of piperidine rings is 1. The van der Waals surface area contributed by atoms with Crippen molar-refractivity contribution in [3.05, 3.63) is 0 Å². The molecule has 0 aliphatic carbocycles. The number of hydrogen-bond donors (Lipinski definition) is 1. The maximum absolute atomic E-state index is 11.5. The fourth-order valence-corrected chi connectivity index (χ4v) is 2.02. The van der Waals surface area contributed by atoms with Crippen LogP contribution in [-0.2, 0) is 9.53 Å². The minimum absolute atomic E-state index is 0.0433. The number of nitrogens with zero attached hydrogens (tertiary/aromatic N) is 1. The second-order valence-electron chi connectivity index (χ2n) is 4.75. The molecule has 4 nitrogen and oxygen atoms in total. The summed E-state index contributed by atoms with van der Waals surface area (Å²) in [7, 11) is 3.51. The molecule has 4 heteroatoms. The number of rotatable bonds is 5. The summed E-state index contributed by atoms with van der Waals surface area (Å²) in [6, 6.07) is 0. The maximum Gasteiger partial charge on any atom is 0.250 e. The van der Waals surface area contributed by atoms with Gasteiger partial charge in [-0.05, 0) is 45.2 Å². The van der Waals surface area contributed by atoms with Crippen molar-refractivity contribution < 1.29 is 9.53 Å². The third-order valence-electron chi connectivity index (χ3n) is 3.08. The van der Waals surface area contributed by atoms with E-state index in [0.29, 0.717) is 6.61 Å². The largest absolute Gasteiger partial charge is 0.369 e. The van der Waals surface area contributed by atoms with Crippen LogP contribution in [0, 0.1) is 5.92 Å². The van der Waals surface area contributed by atoms with Crippen LogP contribution in [0.5, 0.6) is 0 Å². The van der Waals surface area contributed by atoms with Gasteiger partial charge in [-0.2, -0.15) is 0 Å². The molecule has 1 heterocycles. The number of carbonyl (C=O) groups is 1. The highest BCUT2D eigenvalue weighted by atomic mass is 16.5. The first kappa shape index (κ1) is 13.5. The van der Waals surface area contributed by atoms with Gasteiger partial charge < -0.3 is 15.0 Å². The van der Waals surface area contributed by atoms with Crippen molar-refractivity contribution in [2.45, 2.75) is 32.3 Å². The Morgan fingerprint density at radius 3 is 2.88 bits per heavy atom. The molecule has 0 saturated carbocycles. The fourth-order valence-electron chi connectivity index (χ4n) is 2.02. The van der Waals surface area contributed by atoms with Gasteiger partial charge in [-0.1, -0.05) is 0 Å². The van der Waals surface area contributed by atoms with Crippen LogP contribution in [0.25, 0.3) is 0 Å².